The molecule has 4 rings (SSSR count). The summed E-state index contributed by atoms with van der Waals surface area (Å²) in [7, 11) is 1.71. The second-order valence-corrected chi connectivity index (χ2v) is 9.11. The first-order valence-corrected chi connectivity index (χ1v) is 11.5. The first-order valence-electron chi connectivity index (χ1n) is 9.41. The van der Waals surface area contributed by atoms with Crippen LogP contribution in [0.25, 0.3) is 0 Å². The van der Waals surface area contributed by atoms with Crippen LogP contribution >= 0.6 is 46.8 Å². The standard InChI is InChI=1S/C22H18Cl2N4OS2/c1-28-18-9-8-13(23)11-16(18)19(15-6-2-3-7-17(15)24)26-20(21(28)29)27-22(30)25-12-14-5-4-10-31-14/h2-11,20H,12H2,1H3,(H2,25,27,30). The number of nitrogens with one attached hydrogen (secondary N) is 2. The van der Waals surface area contributed by atoms with Gasteiger partial charge in [-0.2, -0.15) is 0 Å². The molecule has 1 atom stereocenters. The molecule has 1 aliphatic heterocycles. The minimum atomic E-state index is -0.925. The Labute approximate surface area is 199 Å². The summed E-state index contributed by atoms with van der Waals surface area (Å²) in [4.78, 5) is 20.7. The molecule has 9 heteroatoms. The lowest BCUT2D eigenvalue weighted by molar-refractivity contribution is -0.119. The van der Waals surface area contributed by atoms with Crippen LogP contribution in [0.3, 0.4) is 0 Å². The zero-order valence-electron chi connectivity index (χ0n) is 16.4. The molecule has 1 aliphatic rings. The van der Waals surface area contributed by atoms with E-state index in [0.717, 1.165) is 10.4 Å². The normalized spacial score (nSPS) is 15.7. The summed E-state index contributed by atoms with van der Waals surface area (Å²) in [6, 6.07) is 16.7. The number of carbonyl (C=O) groups is 1. The van der Waals surface area contributed by atoms with Gasteiger partial charge in [0.2, 0.25) is 6.17 Å². The third-order valence-corrected chi connectivity index (χ3v) is 6.50. The number of hydrogen-bond acceptors (Lipinski definition) is 4. The fourth-order valence-corrected chi connectivity index (χ4v) is 4.49. The SMILES string of the molecule is CN1C(=O)C(NC(=S)NCc2cccs2)N=C(c2ccccc2Cl)c2cc(Cl)ccc21. The third kappa shape index (κ3) is 4.75. The van der Waals surface area contributed by atoms with E-state index in [4.69, 9.17) is 40.4 Å². The van der Waals surface area contributed by atoms with Crippen molar-refractivity contribution in [1.82, 2.24) is 10.6 Å². The summed E-state index contributed by atoms with van der Waals surface area (Å²) in [5.41, 5.74) is 2.69. The van der Waals surface area contributed by atoms with Crippen LogP contribution in [0.2, 0.25) is 10.0 Å². The molecule has 2 heterocycles. The highest BCUT2D eigenvalue weighted by molar-refractivity contribution is 7.80. The molecule has 5 nitrogen and oxygen atoms in total. The molecule has 2 aromatic carbocycles. The predicted octanol–water partition coefficient (Wildman–Crippen LogP) is 4.86. The average molecular weight is 489 g/mol. The molecule has 1 unspecified atom stereocenters. The van der Waals surface area contributed by atoms with Crippen LogP contribution in [0.15, 0.2) is 65.0 Å². The summed E-state index contributed by atoms with van der Waals surface area (Å²) >= 11 is 19.8. The van der Waals surface area contributed by atoms with E-state index in [-0.39, 0.29) is 5.91 Å². The maximum atomic E-state index is 13.2. The molecule has 1 amide bonds. The van der Waals surface area contributed by atoms with Gasteiger partial charge in [0, 0.05) is 33.1 Å². The van der Waals surface area contributed by atoms with Crippen LogP contribution in [0.1, 0.15) is 16.0 Å². The lowest BCUT2D eigenvalue weighted by Gasteiger charge is -2.22. The first-order chi connectivity index (χ1) is 14.9. The van der Waals surface area contributed by atoms with E-state index in [1.54, 1.807) is 47.5 Å². The average Bonchev–Trinajstić information content (AvgIpc) is 3.25. The number of benzene rings is 2. The van der Waals surface area contributed by atoms with Crippen molar-refractivity contribution in [2.45, 2.75) is 12.7 Å². The molecular weight excluding hydrogens is 471 g/mol. The van der Waals surface area contributed by atoms with Gasteiger partial charge in [0.15, 0.2) is 5.11 Å². The molecular formula is C22H18Cl2N4OS2. The number of thiocarbonyl (C=S) groups is 1. The minimum Gasteiger partial charge on any atom is -0.358 e. The molecule has 1 aromatic heterocycles. The van der Waals surface area contributed by atoms with Crippen molar-refractivity contribution in [2.75, 3.05) is 11.9 Å². The number of rotatable bonds is 4. The Kier molecular flexibility index (Phi) is 6.57. The number of likely N-dealkylation sites (N-methyl/N-ethyl adjacent to an activating group) is 1. The van der Waals surface area contributed by atoms with Gasteiger partial charge in [0.05, 0.1) is 17.9 Å². The van der Waals surface area contributed by atoms with Crippen molar-refractivity contribution in [1.29, 1.82) is 0 Å². The van der Waals surface area contributed by atoms with Gasteiger partial charge in [-0.15, -0.1) is 11.3 Å². The zero-order valence-corrected chi connectivity index (χ0v) is 19.6. The predicted molar refractivity (Wildman–Crippen MR) is 133 cm³/mol. The van der Waals surface area contributed by atoms with Crippen molar-refractivity contribution in [2.24, 2.45) is 4.99 Å². The molecule has 0 saturated heterocycles. The number of thiophene rings is 1. The Morgan fingerprint density at radius 3 is 2.71 bits per heavy atom. The van der Waals surface area contributed by atoms with Crippen molar-refractivity contribution < 1.29 is 4.79 Å². The van der Waals surface area contributed by atoms with Gasteiger partial charge in [-0.25, -0.2) is 4.99 Å². The molecule has 0 radical (unpaired) electrons. The number of fused-ring (bicyclic) bond motifs is 1. The lowest BCUT2D eigenvalue weighted by Crippen LogP contribution is -2.49. The highest BCUT2D eigenvalue weighted by Crippen LogP contribution is 2.31. The van der Waals surface area contributed by atoms with Gasteiger partial charge in [-0.05, 0) is 47.9 Å². The van der Waals surface area contributed by atoms with Crippen molar-refractivity contribution in [3.8, 4) is 0 Å². The second kappa shape index (κ2) is 9.36. The number of halogens is 2. The van der Waals surface area contributed by atoms with Gasteiger partial charge in [0.25, 0.3) is 5.91 Å². The van der Waals surface area contributed by atoms with Crippen molar-refractivity contribution >= 4 is 69.2 Å². The fourth-order valence-electron chi connectivity index (χ4n) is 3.26. The molecule has 0 saturated carbocycles. The molecule has 158 valence electrons. The Morgan fingerprint density at radius 1 is 1.16 bits per heavy atom. The summed E-state index contributed by atoms with van der Waals surface area (Å²) in [6.07, 6.45) is -0.925. The maximum Gasteiger partial charge on any atom is 0.272 e. The molecule has 0 aliphatic carbocycles. The molecule has 2 N–H and O–H groups in total. The summed E-state index contributed by atoms with van der Waals surface area (Å²) in [5, 5.41) is 9.58. The number of anilines is 1. The van der Waals surface area contributed by atoms with E-state index in [1.165, 1.54) is 0 Å². The van der Waals surface area contributed by atoms with Crippen LogP contribution in [0, 0.1) is 0 Å². The van der Waals surface area contributed by atoms with E-state index in [0.29, 0.717) is 38.7 Å². The lowest BCUT2D eigenvalue weighted by atomic mass is 10.00. The van der Waals surface area contributed by atoms with Crippen molar-refractivity contribution in [3.63, 3.8) is 0 Å². The summed E-state index contributed by atoms with van der Waals surface area (Å²) < 4.78 is 0. The Morgan fingerprint density at radius 2 is 1.97 bits per heavy atom. The smallest absolute Gasteiger partial charge is 0.272 e. The van der Waals surface area contributed by atoms with Gasteiger partial charge < -0.3 is 15.5 Å². The zero-order chi connectivity index (χ0) is 22.0. The van der Waals surface area contributed by atoms with Crippen LogP contribution in [-0.4, -0.2) is 29.9 Å². The van der Waals surface area contributed by atoms with Crippen molar-refractivity contribution in [3.05, 3.63) is 86.0 Å². The fraction of sp³-hybridized carbons (Fsp3) is 0.136. The number of hydrogen-bond donors (Lipinski definition) is 2. The quantitative estimate of drug-likeness (QED) is 0.514. The van der Waals surface area contributed by atoms with Gasteiger partial charge in [-0.3, -0.25) is 4.79 Å². The number of benzodiazepines with no additional fused rings is 1. The highest BCUT2D eigenvalue weighted by atomic mass is 35.5. The van der Waals surface area contributed by atoms with Crippen LogP contribution < -0.4 is 15.5 Å². The largest absolute Gasteiger partial charge is 0.358 e. The molecule has 0 spiro atoms. The van der Waals surface area contributed by atoms with E-state index in [1.807, 2.05) is 35.7 Å². The minimum absolute atomic E-state index is 0.245. The summed E-state index contributed by atoms with van der Waals surface area (Å²) in [5.74, 6) is -0.245. The van der Waals surface area contributed by atoms with Gasteiger partial charge >= 0.3 is 0 Å². The highest BCUT2D eigenvalue weighted by Gasteiger charge is 2.31. The molecule has 3 aromatic rings. The molecule has 31 heavy (non-hydrogen) atoms. The first kappa shape index (κ1) is 21.8. The van der Waals surface area contributed by atoms with Crippen LogP contribution in [0.4, 0.5) is 5.69 Å². The topological polar surface area (TPSA) is 56.7 Å². The number of carbonyl (C=O) groups excluding carboxylic acids is 1. The Bertz CT molecular complexity index is 1160. The number of nitrogens with zero attached hydrogens (tertiary/aromatic N) is 2. The van der Waals surface area contributed by atoms with Crippen LogP contribution in [0.5, 0.6) is 0 Å². The molecule has 0 bridgehead atoms. The van der Waals surface area contributed by atoms with E-state index < -0.39 is 6.17 Å². The Balaban J connectivity index is 1.71. The molecule has 0 fully saturated rings. The van der Waals surface area contributed by atoms with Crippen LogP contribution in [-0.2, 0) is 11.3 Å². The number of amides is 1. The third-order valence-electron chi connectivity index (χ3n) is 4.80. The van der Waals surface area contributed by atoms with E-state index in [2.05, 4.69) is 10.6 Å². The van der Waals surface area contributed by atoms with E-state index in [9.17, 15) is 4.79 Å². The van der Waals surface area contributed by atoms with Gasteiger partial charge in [-0.1, -0.05) is 47.5 Å². The number of aliphatic imine (C=N–C) groups is 1. The monoisotopic (exact) mass is 488 g/mol. The second-order valence-electron chi connectivity index (χ2n) is 6.83. The summed E-state index contributed by atoms with van der Waals surface area (Å²) in [6.45, 7) is 0.567. The van der Waals surface area contributed by atoms with Gasteiger partial charge in [0.1, 0.15) is 0 Å². The van der Waals surface area contributed by atoms with E-state index >= 15 is 0 Å². The maximum absolute atomic E-state index is 13.2. The Hall–Kier alpha value is -2.45.